The van der Waals surface area contributed by atoms with Crippen molar-refractivity contribution in [2.45, 2.75) is 0 Å². The Balaban J connectivity index is 2.33. The van der Waals surface area contributed by atoms with Gasteiger partial charge in [-0.15, -0.1) is 0 Å². The molecule has 0 atom stereocenters. The molecule has 0 aliphatic rings. The van der Waals surface area contributed by atoms with Gasteiger partial charge < -0.3 is 11.1 Å². The largest absolute Gasteiger partial charge is 0.366 e. The molecule has 0 aliphatic heterocycles. The summed E-state index contributed by atoms with van der Waals surface area (Å²) in [7, 11) is 0. The molecule has 0 aromatic heterocycles. The molecule has 0 bridgehead atoms. The molecule has 3 N–H and O–H groups in total. The van der Waals surface area contributed by atoms with Crippen LogP contribution in [0.2, 0.25) is 0 Å². The van der Waals surface area contributed by atoms with Crippen molar-refractivity contribution in [1.82, 2.24) is 0 Å². The van der Waals surface area contributed by atoms with Crippen molar-refractivity contribution in [2.75, 3.05) is 5.32 Å². The zero-order chi connectivity index (χ0) is 14.7. The van der Waals surface area contributed by atoms with Crippen LogP contribution < -0.4 is 11.1 Å². The van der Waals surface area contributed by atoms with Crippen molar-refractivity contribution in [3.8, 4) is 0 Å². The maximum absolute atomic E-state index is 12.2. The summed E-state index contributed by atoms with van der Waals surface area (Å²) in [6.07, 6.45) is 0. The van der Waals surface area contributed by atoms with Crippen LogP contribution >= 0.6 is 31.9 Å². The monoisotopic (exact) mass is 396 g/mol. The van der Waals surface area contributed by atoms with Crippen LogP contribution in [0, 0.1) is 0 Å². The highest BCUT2D eigenvalue weighted by Gasteiger charge is 2.14. The molecule has 0 saturated carbocycles. The highest BCUT2D eigenvalue weighted by atomic mass is 79.9. The molecule has 102 valence electrons. The van der Waals surface area contributed by atoms with Gasteiger partial charge in [-0.3, -0.25) is 9.59 Å². The lowest BCUT2D eigenvalue weighted by atomic mass is 10.1. The molecule has 0 aliphatic carbocycles. The third kappa shape index (κ3) is 3.26. The van der Waals surface area contributed by atoms with Gasteiger partial charge in [0.2, 0.25) is 0 Å². The number of rotatable bonds is 3. The third-order valence-electron chi connectivity index (χ3n) is 2.61. The van der Waals surface area contributed by atoms with E-state index in [0.29, 0.717) is 15.7 Å². The van der Waals surface area contributed by atoms with Crippen molar-refractivity contribution in [3.05, 3.63) is 62.5 Å². The highest BCUT2D eigenvalue weighted by Crippen LogP contribution is 2.23. The second kappa shape index (κ2) is 6.19. The standard InChI is InChI=1S/C14H10Br2N2O2/c15-8-5-6-11(16)10(7-8)14(20)18-12-4-2-1-3-9(12)13(17)19/h1-7H,(H2,17,19)(H,18,20). The summed E-state index contributed by atoms with van der Waals surface area (Å²) in [4.78, 5) is 23.6. The smallest absolute Gasteiger partial charge is 0.256 e. The molecule has 20 heavy (non-hydrogen) atoms. The Morgan fingerprint density at radius 3 is 2.40 bits per heavy atom. The molecule has 4 nitrogen and oxygen atoms in total. The van der Waals surface area contributed by atoms with Gasteiger partial charge >= 0.3 is 0 Å². The molecule has 0 spiro atoms. The Morgan fingerprint density at radius 1 is 1.00 bits per heavy atom. The van der Waals surface area contributed by atoms with Gasteiger partial charge in [-0.05, 0) is 46.3 Å². The number of nitrogens with two attached hydrogens (primary N) is 1. The molecule has 0 fully saturated rings. The number of hydrogen-bond acceptors (Lipinski definition) is 2. The van der Waals surface area contributed by atoms with Crippen LogP contribution in [0.1, 0.15) is 20.7 Å². The van der Waals surface area contributed by atoms with E-state index in [-0.39, 0.29) is 11.5 Å². The molecule has 6 heteroatoms. The Kier molecular flexibility index (Phi) is 4.57. The molecule has 2 aromatic carbocycles. The van der Waals surface area contributed by atoms with E-state index in [2.05, 4.69) is 37.2 Å². The topological polar surface area (TPSA) is 72.2 Å². The number of halogens is 2. The maximum Gasteiger partial charge on any atom is 0.256 e. The predicted molar refractivity (Wildman–Crippen MR) is 84.8 cm³/mol. The van der Waals surface area contributed by atoms with E-state index < -0.39 is 5.91 Å². The lowest BCUT2D eigenvalue weighted by molar-refractivity contribution is 0.100. The fourth-order valence-electron chi connectivity index (χ4n) is 1.67. The third-order valence-corrected chi connectivity index (χ3v) is 3.80. The first-order chi connectivity index (χ1) is 9.49. The minimum absolute atomic E-state index is 0.270. The maximum atomic E-state index is 12.2. The first-order valence-corrected chi connectivity index (χ1v) is 7.23. The van der Waals surface area contributed by atoms with E-state index in [1.807, 2.05) is 6.07 Å². The minimum Gasteiger partial charge on any atom is -0.366 e. The molecule has 0 heterocycles. The first kappa shape index (κ1) is 14.7. The van der Waals surface area contributed by atoms with Crippen molar-refractivity contribution in [2.24, 2.45) is 5.73 Å². The molecule has 2 rings (SSSR count). The summed E-state index contributed by atoms with van der Waals surface area (Å²) in [5.41, 5.74) is 6.39. The van der Waals surface area contributed by atoms with Crippen molar-refractivity contribution < 1.29 is 9.59 Å². The highest BCUT2D eigenvalue weighted by molar-refractivity contribution is 9.11. The number of para-hydroxylation sites is 1. The van der Waals surface area contributed by atoms with Gasteiger partial charge in [-0.25, -0.2) is 0 Å². The van der Waals surface area contributed by atoms with Crippen LogP contribution in [0.5, 0.6) is 0 Å². The number of nitrogens with one attached hydrogen (secondary N) is 1. The van der Waals surface area contributed by atoms with Gasteiger partial charge in [0.05, 0.1) is 16.8 Å². The number of amides is 2. The number of carbonyl (C=O) groups is 2. The van der Waals surface area contributed by atoms with Crippen LogP contribution in [0.15, 0.2) is 51.4 Å². The molecule has 2 aromatic rings. The second-order valence-corrected chi connectivity index (χ2v) is 5.76. The number of carbonyl (C=O) groups excluding carboxylic acids is 2. The van der Waals surface area contributed by atoms with Gasteiger partial charge in [-0.1, -0.05) is 28.1 Å². The van der Waals surface area contributed by atoms with Crippen LogP contribution in [-0.2, 0) is 0 Å². The lowest BCUT2D eigenvalue weighted by Crippen LogP contribution is -2.18. The summed E-state index contributed by atoms with van der Waals surface area (Å²) in [6, 6.07) is 11.9. The molecule has 0 unspecified atom stereocenters. The molecule has 0 saturated heterocycles. The number of benzene rings is 2. The van der Waals surface area contributed by atoms with Gasteiger partial charge in [0.25, 0.3) is 11.8 Å². The van der Waals surface area contributed by atoms with Crippen LogP contribution in [-0.4, -0.2) is 11.8 Å². The lowest BCUT2D eigenvalue weighted by Gasteiger charge is -2.10. The average molecular weight is 398 g/mol. The Bertz CT molecular complexity index is 687. The van der Waals surface area contributed by atoms with Crippen LogP contribution in [0.25, 0.3) is 0 Å². The van der Waals surface area contributed by atoms with E-state index in [1.165, 1.54) is 0 Å². The van der Waals surface area contributed by atoms with Crippen LogP contribution in [0.4, 0.5) is 5.69 Å². The van der Waals surface area contributed by atoms with E-state index in [9.17, 15) is 9.59 Å². The summed E-state index contributed by atoms with van der Waals surface area (Å²) in [6.45, 7) is 0. The van der Waals surface area contributed by atoms with Crippen molar-refractivity contribution in [1.29, 1.82) is 0 Å². The molecule has 2 amide bonds. The fraction of sp³-hybridized carbons (Fsp3) is 0. The van der Waals surface area contributed by atoms with E-state index >= 15 is 0 Å². The summed E-state index contributed by atoms with van der Waals surface area (Å²) in [5, 5.41) is 2.69. The number of primary amides is 1. The average Bonchev–Trinajstić information content (AvgIpc) is 2.41. The molecular formula is C14H10Br2N2O2. The Labute approximate surface area is 132 Å². The van der Waals surface area contributed by atoms with Gasteiger partial charge in [0.15, 0.2) is 0 Å². The van der Waals surface area contributed by atoms with Gasteiger partial charge in [-0.2, -0.15) is 0 Å². The molecule has 0 radical (unpaired) electrons. The molecular weight excluding hydrogens is 388 g/mol. The SMILES string of the molecule is NC(=O)c1ccccc1NC(=O)c1cc(Br)ccc1Br. The normalized spacial score (nSPS) is 10.1. The summed E-state index contributed by atoms with van der Waals surface area (Å²) in [5.74, 6) is -0.916. The van der Waals surface area contributed by atoms with E-state index in [4.69, 9.17) is 5.73 Å². The van der Waals surface area contributed by atoms with Gasteiger partial charge in [0, 0.05) is 8.95 Å². The Morgan fingerprint density at radius 2 is 1.70 bits per heavy atom. The Hall–Kier alpha value is -1.66. The summed E-state index contributed by atoms with van der Waals surface area (Å²) < 4.78 is 1.45. The first-order valence-electron chi connectivity index (χ1n) is 5.64. The van der Waals surface area contributed by atoms with E-state index in [1.54, 1.807) is 36.4 Å². The predicted octanol–water partition coefficient (Wildman–Crippen LogP) is 3.56. The van der Waals surface area contributed by atoms with Crippen LogP contribution in [0.3, 0.4) is 0 Å². The minimum atomic E-state index is -0.589. The zero-order valence-corrected chi connectivity index (χ0v) is 13.4. The van der Waals surface area contributed by atoms with Gasteiger partial charge in [0.1, 0.15) is 0 Å². The number of anilines is 1. The summed E-state index contributed by atoms with van der Waals surface area (Å²) >= 11 is 6.63. The number of hydrogen-bond donors (Lipinski definition) is 2. The second-order valence-electron chi connectivity index (χ2n) is 3.99. The van der Waals surface area contributed by atoms with Crippen molar-refractivity contribution in [3.63, 3.8) is 0 Å². The van der Waals surface area contributed by atoms with Crippen molar-refractivity contribution >= 4 is 49.4 Å². The zero-order valence-electron chi connectivity index (χ0n) is 10.2. The fourth-order valence-corrected chi connectivity index (χ4v) is 2.46. The quantitative estimate of drug-likeness (QED) is 0.830. The van der Waals surface area contributed by atoms with E-state index in [0.717, 1.165) is 4.47 Å².